The number of phenols is 3. The molecule has 4 N–H and O–H groups in total. The topological polar surface area (TPSA) is 72.7 Å². The number of rotatable bonds is 5. The van der Waals surface area contributed by atoms with E-state index in [1.165, 1.54) is 17.2 Å². The van der Waals surface area contributed by atoms with Gasteiger partial charge in [0.25, 0.3) is 0 Å². The number of phenolic OH excluding ortho intramolecular Hbond substituents is 3. The van der Waals surface area contributed by atoms with Crippen molar-refractivity contribution >= 4 is 0 Å². The zero-order chi connectivity index (χ0) is 15.4. The first-order valence-corrected chi connectivity index (χ1v) is 6.99. The average Bonchev–Trinajstić information content (AvgIpc) is 2.46. The van der Waals surface area contributed by atoms with E-state index in [1.54, 1.807) is 6.07 Å². The zero-order valence-electron chi connectivity index (χ0n) is 12.3. The van der Waals surface area contributed by atoms with Gasteiger partial charge in [0.15, 0.2) is 11.5 Å². The SMILES string of the molecule is Cc1ccccc1CC(C)NCc1ccc(O)c(O)c1O. The number of aryl methyl sites for hydroxylation is 1. The third kappa shape index (κ3) is 3.67. The van der Waals surface area contributed by atoms with Crippen LogP contribution in [0, 0.1) is 6.92 Å². The summed E-state index contributed by atoms with van der Waals surface area (Å²) in [4.78, 5) is 0. The molecule has 21 heavy (non-hydrogen) atoms. The molecule has 0 bridgehead atoms. The second-order valence-corrected chi connectivity index (χ2v) is 5.35. The van der Waals surface area contributed by atoms with Gasteiger partial charge in [-0.3, -0.25) is 0 Å². The van der Waals surface area contributed by atoms with Crippen LogP contribution in [-0.4, -0.2) is 21.4 Å². The number of benzene rings is 2. The summed E-state index contributed by atoms with van der Waals surface area (Å²) in [5.74, 6) is -1.06. The van der Waals surface area contributed by atoms with Crippen LogP contribution in [0.1, 0.15) is 23.6 Å². The van der Waals surface area contributed by atoms with Crippen molar-refractivity contribution in [3.63, 3.8) is 0 Å². The predicted octanol–water partition coefficient (Wildman–Crippen LogP) is 2.83. The molecular weight excluding hydrogens is 266 g/mol. The van der Waals surface area contributed by atoms with Gasteiger partial charge in [-0.1, -0.05) is 30.3 Å². The van der Waals surface area contributed by atoms with Crippen LogP contribution in [0.25, 0.3) is 0 Å². The van der Waals surface area contributed by atoms with Gasteiger partial charge in [0, 0.05) is 18.2 Å². The first kappa shape index (κ1) is 15.2. The second kappa shape index (κ2) is 6.50. The Morgan fingerprint density at radius 2 is 1.67 bits per heavy atom. The lowest BCUT2D eigenvalue weighted by molar-refractivity contribution is 0.363. The maximum atomic E-state index is 9.78. The Labute approximate surface area is 124 Å². The Morgan fingerprint density at radius 3 is 2.38 bits per heavy atom. The van der Waals surface area contributed by atoms with Crippen molar-refractivity contribution in [3.8, 4) is 17.2 Å². The summed E-state index contributed by atoms with van der Waals surface area (Å²) < 4.78 is 0. The fraction of sp³-hybridized carbons (Fsp3) is 0.294. The molecule has 1 unspecified atom stereocenters. The number of hydrogen-bond acceptors (Lipinski definition) is 4. The maximum absolute atomic E-state index is 9.78. The molecule has 112 valence electrons. The van der Waals surface area contributed by atoms with Crippen LogP contribution in [0.2, 0.25) is 0 Å². The van der Waals surface area contributed by atoms with Crippen LogP contribution in [0.3, 0.4) is 0 Å². The van der Waals surface area contributed by atoms with E-state index in [-0.39, 0.29) is 17.5 Å². The Morgan fingerprint density at radius 1 is 0.952 bits per heavy atom. The van der Waals surface area contributed by atoms with Gasteiger partial charge < -0.3 is 20.6 Å². The Hall–Kier alpha value is -2.20. The third-order valence-electron chi connectivity index (χ3n) is 3.64. The molecule has 0 aliphatic rings. The van der Waals surface area contributed by atoms with E-state index in [1.807, 2.05) is 12.1 Å². The van der Waals surface area contributed by atoms with Crippen molar-refractivity contribution in [1.82, 2.24) is 5.32 Å². The normalized spacial score (nSPS) is 12.3. The highest BCUT2D eigenvalue weighted by Gasteiger charge is 2.12. The van der Waals surface area contributed by atoms with Crippen LogP contribution < -0.4 is 5.32 Å². The van der Waals surface area contributed by atoms with Gasteiger partial charge >= 0.3 is 0 Å². The van der Waals surface area contributed by atoms with Crippen molar-refractivity contribution < 1.29 is 15.3 Å². The van der Waals surface area contributed by atoms with Gasteiger partial charge in [0.2, 0.25) is 5.75 Å². The van der Waals surface area contributed by atoms with Crippen LogP contribution in [0.15, 0.2) is 36.4 Å². The highest BCUT2D eigenvalue weighted by atomic mass is 16.3. The summed E-state index contributed by atoms with van der Waals surface area (Å²) in [7, 11) is 0. The monoisotopic (exact) mass is 287 g/mol. The molecule has 2 rings (SSSR count). The number of hydrogen-bond donors (Lipinski definition) is 4. The highest BCUT2D eigenvalue weighted by Crippen LogP contribution is 2.36. The molecule has 0 heterocycles. The van der Waals surface area contributed by atoms with Crippen molar-refractivity contribution in [2.45, 2.75) is 32.9 Å². The lowest BCUT2D eigenvalue weighted by Crippen LogP contribution is -2.27. The third-order valence-corrected chi connectivity index (χ3v) is 3.64. The number of aromatic hydroxyl groups is 3. The fourth-order valence-corrected chi connectivity index (χ4v) is 2.28. The minimum Gasteiger partial charge on any atom is -0.504 e. The van der Waals surface area contributed by atoms with Crippen molar-refractivity contribution in [2.24, 2.45) is 0 Å². The van der Waals surface area contributed by atoms with Gasteiger partial charge in [-0.05, 0) is 37.5 Å². The molecule has 0 radical (unpaired) electrons. The largest absolute Gasteiger partial charge is 0.504 e. The van der Waals surface area contributed by atoms with Gasteiger partial charge in [0.05, 0.1) is 0 Å². The van der Waals surface area contributed by atoms with E-state index in [0.717, 1.165) is 6.42 Å². The Kier molecular flexibility index (Phi) is 4.70. The van der Waals surface area contributed by atoms with E-state index < -0.39 is 5.75 Å². The molecule has 4 nitrogen and oxygen atoms in total. The summed E-state index contributed by atoms with van der Waals surface area (Å²) in [6.45, 7) is 4.59. The first-order chi connectivity index (χ1) is 9.99. The molecule has 0 fully saturated rings. The van der Waals surface area contributed by atoms with Crippen LogP contribution in [0.5, 0.6) is 17.2 Å². The molecule has 0 spiro atoms. The highest BCUT2D eigenvalue weighted by molar-refractivity contribution is 5.53. The lowest BCUT2D eigenvalue weighted by Gasteiger charge is -2.16. The molecule has 2 aromatic carbocycles. The van der Waals surface area contributed by atoms with Gasteiger partial charge in [0.1, 0.15) is 0 Å². The first-order valence-electron chi connectivity index (χ1n) is 6.99. The molecule has 0 aromatic heterocycles. The van der Waals surface area contributed by atoms with Crippen LogP contribution >= 0.6 is 0 Å². The molecular formula is C17H21NO3. The van der Waals surface area contributed by atoms with Gasteiger partial charge in [-0.25, -0.2) is 0 Å². The predicted molar refractivity (Wildman–Crippen MR) is 82.6 cm³/mol. The Balaban J connectivity index is 1.97. The average molecular weight is 287 g/mol. The van der Waals surface area contributed by atoms with Crippen molar-refractivity contribution in [3.05, 3.63) is 53.1 Å². The lowest BCUT2D eigenvalue weighted by atomic mass is 10.0. The number of nitrogens with one attached hydrogen (secondary N) is 1. The molecule has 4 heteroatoms. The van der Waals surface area contributed by atoms with E-state index in [0.29, 0.717) is 12.1 Å². The summed E-state index contributed by atoms with van der Waals surface area (Å²) in [5, 5.41) is 31.9. The Bertz CT molecular complexity index is 625. The van der Waals surface area contributed by atoms with Crippen LogP contribution in [-0.2, 0) is 13.0 Å². The second-order valence-electron chi connectivity index (χ2n) is 5.35. The maximum Gasteiger partial charge on any atom is 0.200 e. The zero-order valence-corrected chi connectivity index (χ0v) is 12.3. The standard InChI is InChI=1S/C17H21NO3/c1-11-5-3-4-6-13(11)9-12(2)18-10-14-7-8-15(19)17(21)16(14)20/h3-8,12,18-21H,9-10H2,1-2H3. The van der Waals surface area contributed by atoms with E-state index in [2.05, 4.69) is 31.3 Å². The minimum atomic E-state index is -0.471. The van der Waals surface area contributed by atoms with E-state index >= 15 is 0 Å². The van der Waals surface area contributed by atoms with Crippen molar-refractivity contribution in [2.75, 3.05) is 0 Å². The van der Waals surface area contributed by atoms with Crippen molar-refractivity contribution in [1.29, 1.82) is 0 Å². The summed E-state index contributed by atoms with van der Waals surface area (Å²) in [6.07, 6.45) is 0.886. The van der Waals surface area contributed by atoms with Crippen LogP contribution in [0.4, 0.5) is 0 Å². The molecule has 2 aromatic rings. The quantitative estimate of drug-likeness (QED) is 0.638. The molecule has 0 amide bonds. The smallest absolute Gasteiger partial charge is 0.200 e. The van der Waals surface area contributed by atoms with Gasteiger partial charge in [-0.15, -0.1) is 0 Å². The molecule has 0 aliphatic heterocycles. The summed E-state index contributed by atoms with van der Waals surface area (Å²) >= 11 is 0. The van der Waals surface area contributed by atoms with E-state index in [9.17, 15) is 15.3 Å². The molecule has 0 aliphatic carbocycles. The summed E-state index contributed by atoms with van der Waals surface area (Å²) in [5.41, 5.74) is 3.11. The molecule has 0 saturated heterocycles. The molecule has 1 atom stereocenters. The molecule has 0 saturated carbocycles. The minimum absolute atomic E-state index is 0.224. The fourth-order valence-electron chi connectivity index (χ4n) is 2.28. The van der Waals surface area contributed by atoms with E-state index in [4.69, 9.17) is 0 Å². The van der Waals surface area contributed by atoms with Gasteiger partial charge in [-0.2, -0.15) is 0 Å². The summed E-state index contributed by atoms with van der Waals surface area (Å²) in [6, 6.07) is 11.4.